The molecule has 0 aromatic heterocycles. The van der Waals surface area contributed by atoms with Crippen molar-refractivity contribution >= 4 is 17.5 Å². The highest BCUT2D eigenvalue weighted by Gasteiger charge is 2.18. The molecule has 1 amide bonds. The summed E-state index contributed by atoms with van der Waals surface area (Å²) >= 11 is 6.02. The summed E-state index contributed by atoms with van der Waals surface area (Å²) in [6, 6.07) is 8.27. The third kappa shape index (κ3) is 4.99. The van der Waals surface area contributed by atoms with E-state index < -0.39 is 0 Å². The Labute approximate surface area is 132 Å². The average molecular weight is 310 g/mol. The van der Waals surface area contributed by atoms with Crippen LogP contribution in [0.2, 0.25) is 5.02 Å². The topological polar surface area (TPSA) is 35.6 Å². The number of carbonyl (C=O) groups excluding carboxylic acids is 1. The maximum atomic E-state index is 11.3. The Kier molecular flexibility index (Phi) is 6.03. The second kappa shape index (κ2) is 7.78. The number of halogens is 1. The van der Waals surface area contributed by atoms with Gasteiger partial charge in [-0.1, -0.05) is 23.7 Å². The molecule has 0 unspecified atom stereocenters. The highest BCUT2D eigenvalue weighted by molar-refractivity contribution is 6.30. The lowest BCUT2D eigenvalue weighted by Crippen LogP contribution is -2.49. The lowest BCUT2D eigenvalue weighted by molar-refractivity contribution is -0.130. The van der Waals surface area contributed by atoms with E-state index in [1.165, 1.54) is 5.56 Å². The van der Waals surface area contributed by atoms with Crippen LogP contribution in [-0.2, 0) is 4.79 Å². The molecule has 116 valence electrons. The van der Waals surface area contributed by atoms with Crippen LogP contribution in [0.1, 0.15) is 25.5 Å². The van der Waals surface area contributed by atoms with Gasteiger partial charge in [0.15, 0.2) is 0 Å². The first-order valence-corrected chi connectivity index (χ1v) is 7.91. The molecule has 0 bridgehead atoms. The van der Waals surface area contributed by atoms with Crippen molar-refractivity contribution in [3.8, 4) is 0 Å². The number of rotatable bonds is 5. The Hall–Kier alpha value is -1.10. The van der Waals surface area contributed by atoms with Gasteiger partial charge < -0.3 is 10.2 Å². The van der Waals surface area contributed by atoms with Gasteiger partial charge in [-0.3, -0.25) is 9.69 Å². The van der Waals surface area contributed by atoms with E-state index in [0.29, 0.717) is 6.04 Å². The Morgan fingerprint density at radius 1 is 1.33 bits per heavy atom. The molecule has 0 aliphatic carbocycles. The van der Waals surface area contributed by atoms with Crippen LogP contribution in [0, 0.1) is 0 Å². The zero-order valence-corrected chi connectivity index (χ0v) is 13.6. The minimum atomic E-state index is 0.183. The van der Waals surface area contributed by atoms with Crippen molar-refractivity contribution in [2.24, 2.45) is 0 Å². The Bertz CT molecular complexity index is 472. The maximum Gasteiger partial charge on any atom is 0.219 e. The molecule has 1 fully saturated rings. The number of hydrogen-bond acceptors (Lipinski definition) is 3. The Balaban J connectivity index is 1.69. The molecule has 1 atom stereocenters. The highest BCUT2D eigenvalue weighted by atomic mass is 35.5. The Morgan fingerprint density at radius 3 is 2.67 bits per heavy atom. The molecule has 0 spiro atoms. The van der Waals surface area contributed by atoms with Gasteiger partial charge in [-0.2, -0.15) is 0 Å². The highest BCUT2D eigenvalue weighted by Crippen LogP contribution is 2.17. The summed E-state index contributed by atoms with van der Waals surface area (Å²) in [6.45, 7) is 9.37. The van der Waals surface area contributed by atoms with Gasteiger partial charge in [0.1, 0.15) is 0 Å². The molecule has 1 aromatic rings. The van der Waals surface area contributed by atoms with Crippen molar-refractivity contribution < 1.29 is 4.79 Å². The molecule has 5 heteroatoms. The maximum absolute atomic E-state index is 11.3. The number of amides is 1. The van der Waals surface area contributed by atoms with Crippen LogP contribution in [0.3, 0.4) is 0 Å². The summed E-state index contributed by atoms with van der Waals surface area (Å²) < 4.78 is 0. The van der Waals surface area contributed by atoms with E-state index in [9.17, 15) is 4.79 Å². The van der Waals surface area contributed by atoms with Crippen molar-refractivity contribution in [2.45, 2.75) is 19.9 Å². The van der Waals surface area contributed by atoms with E-state index in [1.807, 2.05) is 23.1 Å². The fraction of sp³-hybridized carbons (Fsp3) is 0.562. The standard InChI is InChI=1S/C16H24ClN3O/c1-13(15-4-3-5-16(17)12-15)18-6-7-19-8-10-20(11-9-19)14(2)21/h3-5,12-13,18H,6-11H2,1-2H3/t13-/m0/s1. The smallest absolute Gasteiger partial charge is 0.219 e. The van der Waals surface area contributed by atoms with Crippen LogP contribution in [0.5, 0.6) is 0 Å². The quantitative estimate of drug-likeness (QED) is 0.905. The summed E-state index contributed by atoms with van der Waals surface area (Å²) in [5.74, 6) is 0.183. The van der Waals surface area contributed by atoms with E-state index in [2.05, 4.69) is 23.2 Å². The van der Waals surface area contributed by atoms with Crippen LogP contribution in [-0.4, -0.2) is 55.0 Å². The lowest BCUT2D eigenvalue weighted by atomic mass is 10.1. The predicted octanol–water partition coefficient (Wildman–Crippen LogP) is 2.15. The van der Waals surface area contributed by atoms with E-state index in [-0.39, 0.29) is 5.91 Å². The minimum Gasteiger partial charge on any atom is -0.340 e. The van der Waals surface area contributed by atoms with Crippen LogP contribution in [0.4, 0.5) is 0 Å². The second-order valence-corrected chi connectivity index (χ2v) is 6.01. The van der Waals surface area contributed by atoms with Crippen molar-refractivity contribution in [3.05, 3.63) is 34.9 Å². The van der Waals surface area contributed by atoms with Gasteiger partial charge in [-0.15, -0.1) is 0 Å². The Morgan fingerprint density at radius 2 is 2.05 bits per heavy atom. The van der Waals surface area contributed by atoms with Crippen molar-refractivity contribution in [1.29, 1.82) is 0 Å². The minimum absolute atomic E-state index is 0.183. The van der Waals surface area contributed by atoms with E-state index in [1.54, 1.807) is 6.92 Å². The molecule has 0 radical (unpaired) electrons. The largest absolute Gasteiger partial charge is 0.340 e. The summed E-state index contributed by atoms with van der Waals surface area (Å²) in [7, 11) is 0. The molecule has 1 heterocycles. The van der Waals surface area contributed by atoms with Crippen LogP contribution in [0.25, 0.3) is 0 Å². The first-order chi connectivity index (χ1) is 10.1. The SMILES string of the molecule is CC(=O)N1CCN(CCN[C@@H](C)c2cccc(Cl)c2)CC1. The van der Waals surface area contributed by atoms with E-state index in [0.717, 1.165) is 44.3 Å². The van der Waals surface area contributed by atoms with Gasteiger partial charge >= 0.3 is 0 Å². The lowest BCUT2D eigenvalue weighted by Gasteiger charge is -2.34. The van der Waals surface area contributed by atoms with Crippen molar-refractivity contribution in [2.75, 3.05) is 39.3 Å². The predicted molar refractivity (Wildman–Crippen MR) is 86.6 cm³/mol. The number of benzene rings is 1. The van der Waals surface area contributed by atoms with Gasteiger partial charge in [0.2, 0.25) is 5.91 Å². The van der Waals surface area contributed by atoms with Gasteiger partial charge in [-0.05, 0) is 24.6 Å². The molecule has 1 aliphatic heterocycles. The van der Waals surface area contributed by atoms with Crippen LogP contribution < -0.4 is 5.32 Å². The molecule has 1 aliphatic rings. The number of hydrogen-bond donors (Lipinski definition) is 1. The third-order valence-corrected chi connectivity index (χ3v) is 4.28. The van der Waals surface area contributed by atoms with Crippen molar-refractivity contribution in [1.82, 2.24) is 15.1 Å². The van der Waals surface area contributed by atoms with E-state index >= 15 is 0 Å². The molecule has 21 heavy (non-hydrogen) atoms. The molecule has 1 saturated heterocycles. The zero-order chi connectivity index (χ0) is 15.2. The normalized spacial score (nSPS) is 17.8. The van der Waals surface area contributed by atoms with Crippen LogP contribution in [0.15, 0.2) is 24.3 Å². The average Bonchev–Trinajstić information content (AvgIpc) is 2.47. The summed E-state index contributed by atoms with van der Waals surface area (Å²) in [6.07, 6.45) is 0. The number of carbonyl (C=O) groups is 1. The first kappa shape index (κ1) is 16.3. The molecule has 2 rings (SSSR count). The summed E-state index contributed by atoms with van der Waals surface area (Å²) in [4.78, 5) is 15.6. The fourth-order valence-corrected chi connectivity index (χ4v) is 2.82. The number of piperazine rings is 1. The molecule has 4 nitrogen and oxygen atoms in total. The second-order valence-electron chi connectivity index (χ2n) is 5.58. The zero-order valence-electron chi connectivity index (χ0n) is 12.8. The number of nitrogens with one attached hydrogen (secondary N) is 1. The monoisotopic (exact) mass is 309 g/mol. The molecule has 1 aromatic carbocycles. The van der Waals surface area contributed by atoms with Crippen LogP contribution >= 0.6 is 11.6 Å². The molecule has 0 saturated carbocycles. The first-order valence-electron chi connectivity index (χ1n) is 7.53. The van der Waals surface area contributed by atoms with Gasteiger partial charge in [-0.25, -0.2) is 0 Å². The van der Waals surface area contributed by atoms with Gasteiger partial charge in [0.05, 0.1) is 0 Å². The molecule has 1 N–H and O–H groups in total. The third-order valence-electron chi connectivity index (χ3n) is 4.04. The molecular formula is C16H24ClN3O. The van der Waals surface area contributed by atoms with E-state index in [4.69, 9.17) is 11.6 Å². The summed E-state index contributed by atoms with van der Waals surface area (Å²) in [5, 5.41) is 4.31. The molecular weight excluding hydrogens is 286 g/mol. The fourth-order valence-electron chi connectivity index (χ4n) is 2.62. The van der Waals surface area contributed by atoms with Gasteiger partial charge in [0, 0.05) is 57.3 Å². The number of nitrogens with zero attached hydrogens (tertiary/aromatic N) is 2. The van der Waals surface area contributed by atoms with Gasteiger partial charge in [0.25, 0.3) is 0 Å². The van der Waals surface area contributed by atoms with Crippen molar-refractivity contribution in [3.63, 3.8) is 0 Å². The summed E-state index contributed by atoms with van der Waals surface area (Å²) in [5.41, 5.74) is 1.21.